The zero-order valence-corrected chi connectivity index (χ0v) is 17.3. The summed E-state index contributed by atoms with van der Waals surface area (Å²) in [6.07, 6.45) is 0.837. The van der Waals surface area contributed by atoms with Crippen LogP contribution in [0.1, 0.15) is 35.3 Å². The molecule has 1 heterocycles. The van der Waals surface area contributed by atoms with Crippen LogP contribution >= 0.6 is 15.9 Å². The zero-order valence-electron chi connectivity index (χ0n) is 15.7. The smallest absolute Gasteiger partial charge is 0.256 e. The molecule has 0 fully saturated rings. The van der Waals surface area contributed by atoms with Crippen molar-refractivity contribution in [2.45, 2.75) is 26.8 Å². The Balaban J connectivity index is 1.79. The van der Waals surface area contributed by atoms with Crippen LogP contribution in [-0.2, 0) is 17.8 Å². The third-order valence-electron chi connectivity index (χ3n) is 4.70. The summed E-state index contributed by atoms with van der Waals surface area (Å²) in [5, 5.41) is 2.94. The van der Waals surface area contributed by atoms with E-state index in [4.69, 9.17) is 4.74 Å². The summed E-state index contributed by atoms with van der Waals surface area (Å²) >= 11 is 3.41. The molecule has 0 saturated heterocycles. The molecule has 142 valence electrons. The van der Waals surface area contributed by atoms with Crippen LogP contribution in [0.4, 0.5) is 5.69 Å². The number of nitrogens with one attached hydrogen (secondary N) is 1. The number of ether oxygens (including phenoxy) is 1. The maximum Gasteiger partial charge on any atom is 0.256 e. The van der Waals surface area contributed by atoms with Crippen LogP contribution < -0.4 is 10.1 Å². The molecule has 0 aromatic heterocycles. The monoisotopic (exact) mass is 430 g/mol. The predicted molar refractivity (Wildman–Crippen MR) is 109 cm³/mol. The molecular formula is C21H23BrN2O3. The number of carbonyl (C=O) groups excluding carboxylic acids is 2. The number of benzene rings is 2. The van der Waals surface area contributed by atoms with Crippen LogP contribution in [0.3, 0.4) is 0 Å². The highest BCUT2D eigenvalue weighted by molar-refractivity contribution is 9.10. The van der Waals surface area contributed by atoms with Gasteiger partial charge in [-0.1, -0.05) is 19.9 Å². The summed E-state index contributed by atoms with van der Waals surface area (Å²) in [7, 11) is 1.57. The fourth-order valence-electron chi connectivity index (χ4n) is 3.19. The van der Waals surface area contributed by atoms with Crippen molar-refractivity contribution in [2.75, 3.05) is 19.0 Å². The molecule has 2 amide bonds. The fraction of sp³-hybridized carbons (Fsp3) is 0.333. The number of anilines is 1. The minimum Gasteiger partial charge on any atom is -0.497 e. The number of hydrogen-bond acceptors (Lipinski definition) is 3. The lowest BCUT2D eigenvalue weighted by atomic mass is 9.98. The summed E-state index contributed by atoms with van der Waals surface area (Å²) in [6.45, 7) is 5.16. The van der Waals surface area contributed by atoms with Crippen LogP contribution in [-0.4, -0.2) is 30.4 Å². The number of rotatable bonds is 4. The topological polar surface area (TPSA) is 58.6 Å². The molecule has 6 heteroatoms. The Morgan fingerprint density at radius 1 is 1.15 bits per heavy atom. The second-order valence-electron chi connectivity index (χ2n) is 6.95. The molecule has 0 spiro atoms. The number of methoxy groups -OCH3 is 1. The Kier molecular flexibility index (Phi) is 5.85. The van der Waals surface area contributed by atoms with Gasteiger partial charge in [-0.2, -0.15) is 0 Å². The van der Waals surface area contributed by atoms with E-state index in [2.05, 4.69) is 21.2 Å². The number of carbonyl (C=O) groups is 2. The van der Waals surface area contributed by atoms with Crippen molar-refractivity contribution in [2.24, 2.45) is 5.92 Å². The molecule has 0 atom stereocenters. The quantitative estimate of drug-likeness (QED) is 0.788. The Morgan fingerprint density at radius 3 is 2.63 bits per heavy atom. The van der Waals surface area contributed by atoms with Crippen LogP contribution in [0, 0.1) is 5.92 Å². The average Bonchev–Trinajstić information content (AvgIpc) is 2.67. The molecule has 0 bridgehead atoms. The summed E-state index contributed by atoms with van der Waals surface area (Å²) in [4.78, 5) is 26.9. The lowest BCUT2D eigenvalue weighted by molar-refractivity contribution is -0.135. The lowest BCUT2D eigenvalue weighted by Crippen LogP contribution is -2.38. The van der Waals surface area contributed by atoms with Gasteiger partial charge in [-0.05, 0) is 63.8 Å². The molecule has 1 aliphatic rings. The third kappa shape index (κ3) is 4.33. The molecule has 0 saturated carbocycles. The zero-order chi connectivity index (χ0) is 19.6. The van der Waals surface area contributed by atoms with Gasteiger partial charge in [0.05, 0.1) is 12.7 Å². The molecular weight excluding hydrogens is 408 g/mol. The van der Waals surface area contributed by atoms with Crippen LogP contribution in [0.5, 0.6) is 5.75 Å². The first-order valence-corrected chi connectivity index (χ1v) is 9.74. The van der Waals surface area contributed by atoms with Crippen LogP contribution in [0.2, 0.25) is 0 Å². The summed E-state index contributed by atoms with van der Waals surface area (Å²) < 4.78 is 5.90. The predicted octanol–water partition coefficient (Wildman–Crippen LogP) is 4.25. The molecule has 27 heavy (non-hydrogen) atoms. The van der Waals surface area contributed by atoms with E-state index in [0.29, 0.717) is 28.0 Å². The molecule has 2 aromatic carbocycles. The average molecular weight is 431 g/mol. The van der Waals surface area contributed by atoms with Crippen molar-refractivity contribution in [3.63, 3.8) is 0 Å². The van der Waals surface area contributed by atoms with E-state index in [1.807, 2.05) is 36.9 Å². The van der Waals surface area contributed by atoms with E-state index in [1.54, 1.807) is 25.3 Å². The molecule has 5 nitrogen and oxygen atoms in total. The molecule has 1 N–H and O–H groups in total. The Labute approximate surface area is 167 Å². The maximum absolute atomic E-state index is 12.7. The standard InChI is InChI=1S/C21H23BrN2O3/c1-13(2)21(26)24-9-8-14-4-5-16(10-15(14)12-24)23-20(25)18-11-17(27-3)6-7-19(18)22/h4-7,10-11,13H,8-9,12H2,1-3H3,(H,23,25). The Morgan fingerprint density at radius 2 is 1.93 bits per heavy atom. The van der Waals surface area contributed by atoms with Crippen molar-refractivity contribution >= 4 is 33.4 Å². The number of halogens is 1. The molecule has 3 rings (SSSR count). The molecule has 0 unspecified atom stereocenters. The second kappa shape index (κ2) is 8.13. The number of amides is 2. The summed E-state index contributed by atoms with van der Waals surface area (Å²) in [6, 6.07) is 11.2. The summed E-state index contributed by atoms with van der Waals surface area (Å²) in [5.74, 6) is 0.554. The van der Waals surface area contributed by atoms with Gasteiger partial charge >= 0.3 is 0 Å². The van der Waals surface area contributed by atoms with Gasteiger partial charge in [0.15, 0.2) is 0 Å². The highest BCUT2D eigenvalue weighted by atomic mass is 79.9. The van der Waals surface area contributed by atoms with E-state index in [1.165, 1.54) is 5.56 Å². The Bertz CT molecular complexity index is 880. The number of fused-ring (bicyclic) bond motifs is 1. The van der Waals surface area contributed by atoms with E-state index < -0.39 is 0 Å². The van der Waals surface area contributed by atoms with Gasteiger partial charge in [-0.25, -0.2) is 0 Å². The van der Waals surface area contributed by atoms with Gasteiger partial charge in [-0.3, -0.25) is 9.59 Å². The lowest BCUT2D eigenvalue weighted by Gasteiger charge is -2.30. The van der Waals surface area contributed by atoms with Crippen LogP contribution in [0.15, 0.2) is 40.9 Å². The van der Waals surface area contributed by atoms with Crippen LogP contribution in [0.25, 0.3) is 0 Å². The number of nitrogens with zero attached hydrogens (tertiary/aromatic N) is 1. The van der Waals surface area contributed by atoms with Crippen molar-refractivity contribution in [3.05, 3.63) is 57.6 Å². The highest BCUT2D eigenvalue weighted by Gasteiger charge is 2.23. The van der Waals surface area contributed by atoms with Crippen molar-refractivity contribution in [1.29, 1.82) is 0 Å². The molecule has 2 aromatic rings. The van der Waals surface area contributed by atoms with Gasteiger partial charge in [0.2, 0.25) is 5.91 Å². The minimum atomic E-state index is -0.216. The first kappa shape index (κ1) is 19.4. The van der Waals surface area contributed by atoms with Gasteiger partial charge in [0, 0.05) is 29.2 Å². The van der Waals surface area contributed by atoms with E-state index in [0.717, 1.165) is 18.5 Å². The highest BCUT2D eigenvalue weighted by Crippen LogP contribution is 2.26. The second-order valence-corrected chi connectivity index (χ2v) is 7.80. The Hall–Kier alpha value is -2.34. The maximum atomic E-state index is 12.7. The molecule has 0 aliphatic carbocycles. The molecule has 1 aliphatic heterocycles. The fourth-order valence-corrected chi connectivity index (χ4v) is 3.62. The van der Waals surface area contributed by atoms with Gasteiger partial charge in [0.1, 0.15) is 5.75 Å². The van der Waals surface area contributed by atoms with E-state index >= 15 is 0 Å². The minimum absolute atomic E-state index is 0.0140. The van der Waals surface area contributed by atoms with Crippen molar-refractivity contribution in [3.8, 4) is 5.75 Å². The molecule has 0 radical (unpaired) electrons. The van der Waals surface area contributed by atoms with Gasteiger partial charge in [0.25, 0.3) is 5.91 Å². The largest absolute Gasteiger partial charge is 0.497 e. The number of hydrogen-bond donors (Lipinski definition) is 1. The third-order valence-corrected chi connectivity index (χ3v) is 5.39. The van der Waals surface area contributed by atoms with Crippen molar-refractivity contribution < 1.29 is 14.3 Å². The van der Waals surface area contributed by atoms with E-state index in [-0.39, 0.29) is 17.7 Å². The normalized spacial score (nSPS) is 13.3. The van der Waals surface area contributed by atoms with Crippen molar-refractivity contribution in [1.82, 2.24) is 4.90 Å². The first-order valence-electron chi connectivity index (χ1n) is 8.94. The first-order chi connectivity index (χ1) is 12.9. The SMILES string of the molecule is COc1ccc(Br)c(C(=O)Nc2ccc3c(c2)CN(C(=O)C(C)C)CC3)c1. The summed E-state index contributed by atoms with van der Waals surface area (Å²) in [5.41, 5.74) is 3.53. The van der Waals surface area contributed by atoms with Gasteiger partial charge < -0.3 is 15.0 Å². The van der Waals surface area contributed by atoms with Gasteiger partial charge in [-0.15, -0.1) is 0 Å². The van der Waals surface area contributed by atoms with E-state index in [9.17, 15) is 9.59 Å².